The third-order valence-electron chi connectivity index (χ3n) is 5.49. The van der Waals surface area contributed by atoms with E-state index in [0.29, 0.717) is 0 Å². The number of nitrogens with one attached hydrogen (secondary N) is 1. The first kappa shape index (κ1) is 16.6. The standard InChI is InChI=1S/C26H18N2S/c1-2-7-19(8-3-1)26-28-24-15-12-17-10-11-20(16-21(17)25(24)29-26)23-14-13-18-6-4-5-9-22(18)27-23/h1-16,26,28H. The van der Waals surface area contributed by atoms with Crippen molar-refractivity contribution in [2.45, 2.75) is 10.3 Å². The first-order chi connectivity index (χ1) is 14.3. The Balaban J connectivity index is 1.45. The van der Waals surface area contributed by atoms with Gasteiger partial charge in [-0.15, -0.1) is 0 Å². The summed E-state index contributed by atoms with van der Waals surface area (Å²) in [5, 5.41) is 7.64. The van der Waals surface area contributed by atoms with Gasteiger partial charge in [0.15, 0.2) is 0 Å². The van der Waals surface area contributed by atoms with Crippen molar-refractivity contribution < 1.29 is 0 Å². The maximum atomic E-state index is 4.89. The highest BCUT2D eigenvalue weighted by atomic mass is 32.2. The van der Waals surface area contributed by atoms with Crippen molar-refractivity contribution >= 4 is 39.1 Å². The Labute approximate surface area is 173 Å². The number of rotatable bonds is 2. The molecule has 29 heavy (non-hydrogen) atoms. The SMILES string of the molecule is c1ccc(C2Nc3ccc4ccc(-c5ccc6ccccc6n5)cc4c3S2)cc1. The van der Waals surface area contributed by atoms with Gasteiger partial charge in [-0.3, -0.25) is 0 Å². The molecule has 0 bridgehead atoms. The predicted octanol–water partition coefficient (Wildman–Crippen LogP) is 7.27. The average molecular weight is 391 g/mol. The predicted molar refractivity (Wildman–Crippen MR) is 123 cm³/mol. The van der Waals surface area contributed by atoms with Crippen molar-refractivity contribution in [1.82, 2.24) is 4.98 Å². The normalized spacial score (nSPS) is 15.4. The van der Waals surface area contributed by atoms with E-state index in [0.717, 1.165) is 16.8 Å². The molecule has 4 aromatic carbocycles. The zero-order valence-corrected chi connectivity index (χ0v) is 16.5. The molecule has 1 aliphatic heterocycles. The van der Waals surface area contributed by atoms with E-state index >= 15 is 0 Å². The van der Waals surface area contributed by atoms with Crippen LogP contribution in [0.3, 0.4) is 0 Å². The quantitative estimate of drug-likeness (QED) is 0.343. The van der Waals surface area contributed by atoms with E-state index in [1.165, 1.54) is 32.3 Å². The molecule has 1 aliphatic rings. The molecule has 2 nitrogen and oxygen atoms in total. The molecule has 5 aromatic rings. The van der Waals surface area contributed by atoms with Gasteiger partial charge in [0.2, 0.25) is 0 Å². The summed E-state index contributed by atoms with van der Waals surface area (Å²) in [5.41, 5.74) is 5.71. The Bertz CT molecular complexity index is 1360. The first-order valence-electron chi connectivity index (χ1n) is 9.76. The van der Waals surface area contributed by atoms with Gasteiger partial charge in [-0.05, 0) is 40.6 Å². The third-order valence-corrected chi connectivity index (χ3v) is 6.79. The summed E-state index contributed by atoms with van der Waals surface area (Å²) in [4.78, 5) is 6.20. The minimum Gasteiger partial charge on any atom is -0.368 e. The van der Waals surface area contributed by atoms with Gasteiger partial charge in [-0.1, -0.05) is 84.6 Å². The highest BCUT2D eigenvalue weighted by molar-refractivity contribution is 8.00. The lowest BCUT2D eigenvalue weighted by Gasteiger charge is -2.09. The molecule has 0 aliphatic carbocycles. The van der Waals surface area contributed by atoms with Gasteiger partial charge in [-0.25, -0.2) is 4.98 Å². The van der Waals surface area contributed by atoms with Gasteiger partial charge >= 0.3 is 0 Å². The summed E-state index contributed by atoms with van der Waals surface area (Å²) in [7, 11) is 0. The molecular formula is C26H18N2S. The summed E-state index contributed by atoms with van der Waals surface area (Å²) in [6.45, 7) is 0. The molecule has 1 unspecified atom stereocenters. The molecule has 2 heterocycles. The molecule has 0 saturated carbocycles. The van der Waals surface area contributed by atoms with Crippen molar-refractivity contribution in [3.05, 3.63) is 103 Å². The largest absolute Gasteiger partial charge is 0.368 e. The maximum Gasteiger partial charge on any atom is 0.103 e. The van der Waals surface area contributed by atoms with E-state index in [4.69, 9.17) is 4.98 Å². The van der Waals surface area contributed by atoms with E-state index in [1.54, 1.807) is 0 Å². The fraction of sp³-hybridized carbons (Fsp3) is 0.0385. The molecule has 1 atom stereocenters. The van der Waals surface area contributed by atoms with Crippen LogP contribution in [0.2, 0.25) is 0 Å². The molecular weight excluding hydrogens is 372 g/mol. The van der Waals surface area contributed by atoms with Gasteiger partial charge < -0.3 is 5.32 Å². The topological polar surface area (TPSA) is 24.9 Å². The van der Waals surface area contributed by atoms with Crippen LogP contribution in [0, 0.1) is 0 Å². The highest BCUT2D eigenvalue weighted by Crippen LogP contribution is 2.50. The van der Waals surface area contributed by atoms with Crippen LogP contribution in [0.25, 0.3) is 32.9 Å². The Kier molecular flexibility index (Phi) is 3.81. The fourth-order valence-electron chi connectivity index (χ4n) is 3.99. The van der Waals surface area contributed by atoms with Gasteiger partial charge in [-0.2, -0.15) is 0 Å². The number of benzene rings is 4. The third kappa shape index (κ3) is 2.86. The molecule has 1 aromatic heterocycles. The number of pyridine rings is 1. The molecule has 0 amide bonds. The van der Waals surface area contributed by atoms with Gasteiger partial charge in [0.1, 0.15) is 5.37 Å². The summed E-state index contributed by atoms with van der Waals surface area (Å²) in [5.74, 6) is 0. The highest BCUT2D eigenvalue weighted by Gasteiger charge is 2.24. The van der Waals surface area contributed by atoms with Crippen LogP contribution < -0.4 is 5.32 Å². The van der Waals surface area contributed by atoms with E-state index in [2.05, 4.69) is 96.3 Å². The summed E-state index contributed by atoms with van der Waals surface area (Å²) < 4.78 is 0. The summed E-state index contributed by atoms with van der Waals surface area (Å²) >= 11 is 1.89. The second-order valence-electron chi connectivity index (χ2n) is 7.32. The second-order valence-corrected chi connectivity index (χ2v) is 8.44. The van der Waals surface area contributed by atoms with Crippen LogP contribution in [-0.4, -0.2) is 4.98 Å². The number of hydrogen-bond acceptors (Lipinski definition) is 3. The minimum atomic E-state index is 0.249. The summed E-state index contributed by atoms with van der Waals surface area (Å²) in [6.07, 6.45) is 0. The van der Waals surface area contributed by atoms with Crippen LogP contribution in [0.15, 0.2) is 102 Å². The second kappa shape index (κ2) is 6.64. The lowest BCUT2D eigenvalue weighted by atomic mass is 10.0. The van der Waals surface area contributed by atoms with E-state index in [-0.39, 0.29) is 5.37 Å². The van der Waals surface area contributed by atoms with Crippen molar-refractivity contribution in [3.8, 4) is 11.3 Å². The Morgan fingerprint density at radius 1 is 0.724 bits per heavy atom. The van der Waals surface area contributed by atoms with Crippen LogP contribution >= 0.6 is 11.8 Å². The number of nitrogens with zero attached hydrogens (tertiary/aromatic N) is 1. The first-order valence-corrected chi connectivity index (χ1v) is 10.6. The van der Waals surface area contributed by atoms with Crippen LogP contribution in [-0.2, 0) is 0 Å². The minimum absolute atomic E-state index is 0.249. The zero-order chi connectivity index (χ0) is 19.2. The van der Waals surface area contributed by atoms with E-state index in [9.17, 15) is 0 Å². The smallest absolute Gasteiger partial charge is 0.103 e. The van der Waals surface area contributed by atoms with Crippen LogP contribution in [0.5, 0.6) is 0 Å². The van der Waals surface area contributed by atoms with Gasteiger partial charge in [0, 0.05) is 21.5 Å². The fourth-order valence-corrected chi connectivity index (χ4v) is 5.26. The van der Waals surface area contributed by atoms with Crippen molar-refractivity contribution in [1.29, 1.82) is 0 Å². The van der Waals surface area contributed by atoms with E-state index < -0.39 is 0 Å². The van der Waals surface area contributed by atoms with Crippen molar-refractivity contribution in [2.75, 3.05) is 5.32 Å². The summed E-state index contributed by atoms with van der Waals surface area (Å²) in [6, 6.07) is 34.2. The monoisotopic (exact) mass is 390 g/mol. The maximum absolute atomic E-state index is 4.89. The number of aromatic nitrogens is 1. The number of para-hydroxylation sites is 1. The van der Waals surface area contributed by atoms with Crippen molar-refractivity contribution in [3.63, 3.8) is 0 Å². The Morgan fingerprint density at radius 3 is 2.45 bits per heavy atom. The number of thioether (sulfide) groups is 1. The molecule has 1 N–H and O–H groups in total. The van der Waals surface area contributed by atoms with E-state index in [1.807, 2.05) is 17.8 Å². The van der Waals surface area contributed by atoms with Gasteiger partial charge in [0.05, 0.1) is 11.2 Å². The number of anilines is 1. The molecule has 6 rings (SSSR count). The average Bonchev–Trinajstić information content (AvgIpc) is 3.24. The van der Waals surface area contributed by atoms with Crippen molar-refractivity contribution in [2.24, 2.45) is 0 Å². The molecule has 0 spiro atoms. The molecule has 0 fully saturated rings. The van der Waals surface area contributed by atoms with Crippen LogP contribution in [0.4, 0.5) is 5.69 Å². The lowest BCUT2D eigenvalue weighted by molar-refractivity contribution is 1.14. The van der Waals surface area contributed by atoms with Crippen LogP contribution in [0.1, 0.15) is 10.9 Å². The molecule has 0 saturated heterocycles. The lowest BCUT2D eigenvalue weighted by Crippen LogP contribution is -2.00. The number of fused-ring (bicyclic) bond motifs is 4. The zero-order valence-electron chi connectivity index (χ0n) is 15.7. The Morgan fingerprint density at radius 2 is 1.52 bits per heavy atom. The van der Waals surface area contributed by atoms with Gasteiger partial charge in [0.25, 0.3) is 0 Å². The Hall–Kier alpha value is -3.30. The molecule has 0 radical (unpaired) electrons. The molecule has 3 heteroatoms. The number of hydrogen-bond donors (Lipinski definition) is 1. The molecule has 138 valence electrons.